The van der Waals surface area contributed by atoms with E-state index in [2.05, 4.69) is 19.2 Å². The normalized spacial score (nSPS) is 40.4. The van der Waals surface area contributed by atoms with E-state index in [4.69, 9.17) is 0 Å². The van der Waals surface area contributed by atoms with Crippen LogP contribution in [0.1, 0.15) is 46.5 Å². The van der Waals surface area contributed by atoms with Gasteiger partial charge in [-0.25, -0.2) is 0 Å². The van der Waals surface area contributed by atoms with Gasteiger partial charge in [-0.2, -0.15) is 0 Å². The van der Waals surface area contributed by atoms with Crippen LogP contribution in [0, 0.1) is 11.8 Å². The Kier molecular flexibility index (Phi) is 3.53. The van der Waals surface area contributed by atoms with E-state index >= 15 is 0 Å². The summed E-state index contributed by atoms with van der Waals surface area (Å²) in [6.07, 6.45) is 5.53. The Balaban J connectivity index is 1.91. The van der Waals surface area contributed by atoms with Crippen molar-refractivity contribution in [1.29, 1.82) is 0 Å². The van der Waals surface area contributed by atoms with Crippen molar-refractivity contribution in [3.8, 4) is 0 Å². The first kappa shape index (κ1) is 11.9. The number of hydrogen-bond donors (Lipinski definition) is 1. The van der Waals surface area contributed by atoms with E-state index in [1.54, 1.807) is 0 Å². The molecule has 1 aliphatic heterocycles. The second-order valence-corrected chi connectivity index (χ2v) is 5.69. The van der Waals surface area contributed by atoms with Crippen molar-refractivity contribution in [2.45, 2.75) is 58.7 Å². The van der Waals surface area contributed by atoms with Gasteiger partial charge in [-0.1, -0.05) is 19.8 Å². The summed E-state index contributed by atoms with van der Waals surface area (Å²) in [5, 5.41) is 3.29. The molecular weight excluding hydrogens is 200 g/mol. The van der Waals surface area contributed by atoms with Gasteiger partial charge in [-0.3, -0.25) is 10.1 Å². The molecule has 0 spiro atoms. The molecular formula is C13H24N2O. The zero-order valence-corrected chi connectivity index (χ0v) is 10.7. The van der Waals surface area contributed by atoms with Crippen LogP contribution in [0.25, 0.3) is 0 Å². The van der Waals surface area contributed by atoms with Crippen LogP contribution in [0.5, 0.6) is 0 Å². The molecule has 0 aromatic carbocycles. The summed E-state index contributed by atoms with van der Waals surface area (Å²) in [5.41, 5.74) is 0. The average Bonchev–Trinajstić information content (AvgIpc) is 2.45. The first-order valence-corrected chi connectivity index (χ1v) is 6.64. The highest BCUT2D eigenvalue weighted by Gasteiger charge is 2.35. The SMILES string of the molecule is CC1CCCC(CN2C(=O)C(C)NC2C)C1. The van der Waals surface area contributed by atoms with Crippen LogP contribution < -0.4 is 5.32 Å². The van der Waals surface area contributed by atoms with E-state index in [1.807, 2.05) is 11.8 Å². The Hall–Kier alpha value is -0.570. The second-order valence-electron chi connectivity index (χ2n) is 5.69. The summed E-state index contributed by atoms with van der Waals surface area (Å²) >= 11 is 0. The van der Waals surface area contributed by atoms with Crippen LogP contribution in [0.3, 0.4) is 0 Å². The molecule has 1 aliphatic carbocycles. The van der Waals surface area contributed by atoms with Crippen LogP contribution in [-0.4, -0.2) is 29.6 Å². The molecule has 2 rings (SSSR count). The molecule has 3 nitrogen and oxygen atoms in total. The van der Waals surface area contributed by atoms with E-state index in [9.17, 15) is 4.79 Å². The maximum Gasteiger partial charge on any atom is 0.240 e. The lowest BCUT2D eigenvalue weighted by Crippen LogP contribution is -2.39. The molecule has 1 heterocycles. The smallest absolute Gasteiger partial charge is 0.240 e. The molecule has 0 aromatic heterocycles. The molecule has 0 bridgehead atoms. The van der Waals surface area contributed by atoms with Crippen LogP contribution in [0.4, 0.5) is 0 Å². The summed E-state index contributed by atoms with van der Waals surface area (Å²) in [6, 6.07) is 0.0102. The number of hydrogen-bond acceptors (Lipinski definition) is 2. The van der Waals surface area contributed by atoms with E-state index in [-0.39, 0.29) is 18.1 Å². The molecule has 0 radical (unpaired) electrons. The molecule has 1 N–H and O–H groups in total. The lowest BCUT2D eigenvalue weighted by molar-refractivity contribution is -0.130. The standard InChI is InChI=1S/C13H24N2O/c1-9-5-4-6-12(7-9)8-15-11(3)14-10(2)13(15)16/h9-12,14H,4-8H2,1-3H3. The topological polar surface area (TPSA) is 32.3 Å². The van der Waals surface area contributed by atoms with Gasteiger partial charge in [-0.05, 0) is 38.5 Å². The van der Waals surface area contributed by atoms with Gasteiger partial charge in [0.1, 0.15) is 0 Å². The van der Waals surface area contributed by atoms with Gasteiger partial charge >= 0.3 is 0 Å². The third-order valence-corrected chi connectivity index (χ3v) is 4.11. The predicted octanol–water partition coefficient (Wildman–Crippen LogP) is 1.98. The van der Waals surface area contributed by atoms with Crippen LogP contribution >= 0.6 is 0 Å². The fraction of sp³-hybridized carbons (Fsp3) is 0.923. The Morgan fingerprint density at radius 3 is 2.62 bits per heavy atom. The second kappa shape index (κ2) is 4.74. The largest absolute Gasteiger partial charge is 0.326 e. The van der Waals surface area contributed by atoms with Crippen molar-refractivity contribution < 1.29 is 4.79 Å². The number of carbonyl (C=O) groups is 1. The molecule has 1 amide bonds. The van der Waals surface area contributed by atoms with Crippen LogP contribution in [0.2, 0.25) is 0 Å². The van der Waals surface area contributed by atoms with Gasteiger partial charge in [0.15, 0.2) is 0 Å². The molecule has 2 aliphatic rings. The maximum absolute atomic E-state index is 11.9. The van der Waals surface area contributed by atoms with Crippen molar-refractivity contribution in [3.63, 3.8) is 0 Å². The third kappa shape index (κ3) is 2.40. The molecule has 92 valence electrons. The first-order valence-electron chi connectivity index (χ1n) is 6.64. The van der Waals surface area contributed by atoms with Crippen molar-refractivity contribution >= 4 is 5.91 Å². The molecule has 16 heavy (non-hydrogen) atoms. The zero-order chi connectivity index (χ0) is 11.7. The highest BCUT2D eigenvalue weighted by Crippen LogP contribution is 2.30. The fourth-order valence-corrected chi connectivity index (χ4v) is 3.21. The Labute approximate surface area is 98.6 Å². The number of amides is 1. The van der Waals surface area contributed by atoms with E-state index < -0.39 is 0 Å². The highest BCUT2D eigenvalue weighted by atomic mass is 16.2. The molecule has 2 fully saturated rings. The van der Waals surface area contributed by atoms with Crippen LogP contribution in [-0.2, 0) is 4.79 Å². The highest BCUT2D eigenvalue weighted by molar-refractivity contribution is 5.83. The Morgan fingerprint density at radius 2 is 2.06 bits per heavy atom. The maximum atomic E-state index is 11.9. The van der Waals surface area contributed by atoms with Crippen molar-refractivity contribution in [2.24, 2.45) is 11.8 Å². The van der Waals surface area contributed by atoms with Gasteiger partial charge in [0.2, 0.25) is 5.91 Å². The van der Waals surface area contributed by atoms with E-state index in [0.29, 0.717) is 0 Å². The van der Waals surface area contributed by atoms with E-state index in [0.717, 1.165) is 18.4 Å². The quantitative estimate of drug-likeness (QED) is 0.778. The minimum absolute atomic E-state index is 0.0102. The van der Waals surface area contributed by atoms with Gasteiger partial charge in [0.25, 0.3) is 0 Å². The van der Waals surface area contributed by atoms with Gasteiger partial charge in [0, 0.05) is 6.54 Å². The average molecular weight is 224 g/mol. The molecule has 4 unspecified atom stereocenters. The summed E-state index contributed by atoms with van der Waals surface area (Å²) < 4.78 is 0. The molecule has 1 saturated carbocycles. The molecule has 4 atom stereocenters. The molecule has 0 aromatic rings. The summed E-state index contributed by atoms with van der Waals surface area (Å²) in [6.45, 7) is 7.35. The van der Waals surface area contributed by atoms with Gasteiger partial charge < -0.3 is 4.90 Å². The monoisotopic (exact) mass is 224 g/mol. The summed E-state index contributed by atoms with van der Waals surface area (Å²) in [4.78, 5) is 14.0. The minimum atomic E-state index is 0.0102. The van der Waals surface area contributed by atoms with Gasteiger partial charge in [-0.15, -0.1) is 0 Å². The number of nitrogens with one attached hydrogen (secondary N) is 1. The summed E-state index contributed by atoms with van der Waals surface area (Å²) in [7, 11) is 0. The Morgan fingerprint density at radius 1 is 1.31 bits per heavy atom. The number of carbonyl (C=O) groups excluding carboxylic acids is 1. The fourth-order valence-electron chi connectivity index (χ4n) is 3.21. The first-order chi connectivity index (χ1) is 7.58. The number of nitrogens with zero attached hydrogens (tertiary/aromatic N) is 1. The minimum Gasteiger partial charge on any atom is -0.326 e. The lowest BCUT2D eigenvalue weighted by Gasteiger charge is -2.31. The van der Waals surface area contributed by atoms with Crippen molar-refractivity contribution in [1.82, 2.24) is 10.2 Å². The zero-order valence-electron chi connectivity index (χ0n) is 10.7. The van der Waals surface area contributed by atoms with Crippen molar-refractivity contribution in [2.75, 3.05) is 6.54 Å². The third-order valence-electron chi connectivity index (χ3n) is 4.11. The van der Waals surface area contributed by atoms with Crippen LogP contribution in [0.15, 0.2) is 0 Å². The van der Waals surface area contributed by atoms with Crippen molar-refractivity contribution in [3.05, 3.63) is 0 Å². The molecule has 3 heteroatoms. The summed E-state index contributed by atoms with van der Waals surface area (Å²) in [5.74, 6) is 1.85. The van der Waals surface area contributed by atoms with Gasteiger partial charge in [0.05, 0.1) is 12.2 Å². The molecule has 1 saturated heterocycles. The Bertz CT molecular complexity index is 267. The van der Waals surface area contributed by atoms with E-state index in [1.165, 1.54) is 25.7 Å². The predicted molar refractivity (Wildman–Crippen MR) is 64.9 cm³/mol. The number of rotatable bonds is 2. The lowest BCUT2D eigenvalue weighted by atomic mass is 9.82.